The van der Waals surface area contributed by atoms with Gasteiger partial charge in [-0.15, -0.1) is 0 Å². The van der Waals surface area contributed by atoms with E-state index in [1.54, 1.807) is 0 Å². The first-order chi connectivity index (χ1) is 6.00. The number of hydrogen-bond donors (Lipinski definition) is 2. The van der Waals surface area contributed by atoms with Gasteiger partial charge < -0.3 is 18.2 Å². The Kier molecular flexibility index (Phi) is 34.4. The van der Waals surface area contributed by atoms with Gasteiger partial charge in [0.25, 0.3) is 9.05 Å². The molecule has 0 atom stereocenters. The van der Waals surface area contributed by atoms with Crippen LogP contribution in [0, 0.1) is 0 Å². The third-order valence-electron chi connectivity index (χ3n) is 0. The van der Waals surface area contributed by atoms with Gasteiger partial charge in [0.2, 0.25) is 0 Å². The summed E-state index contributed by atoms with van der Waals surface area (Å²) in [6.45, 7) is 0. The molecule has 0 saturated heterocycles. The summed E-state index contributed by atoms with van der Waals surface area (Å²) in [5.41, 5.74) is 0. The third-order valence-corrected chi connectivity index (χ3v) is 0. The summed E-state index contributed by atoms with van der Waals surface area (Å²) in [6.07, 6.45) is 0. The van der Waals surface area contributed by atoms with E-state index in [9.17, 15) is 0 Å². The van der Waals surface area contributed by atoms with Crippen LogP contribution in [-0.4, -0.2) is 48.4 Å². The van der Waals surface area contributed by atoms with Crippen molar-refractivity contribution in [1.29, 1.82) is 0 Å². The zero-order valence-electron chi connectivity index (χ0n) is 8.52. The van der Waals surface area contributed by atoms with Crippen LogP contribution in [0.15, 0.2) is 0 Å². The van der Waals surface area contributed by atoms with Crippen molar-refractivity contribution in [1.82, 2.24) is 0 Å². The molecular formula is H2KNaNiO11S4. The fourth-order valence-corrected chi connectivity index (χ4v) is 0. The van der Waals surface area contributed by atoms with Crippen molar-refractivity contribution >= 4 is 41.0 Å². The second-order valence-corrected chi connectivity index (χ2v) is 5.10. The van der Waals surface area contributed by atoms with E-state index < -0.39 is 29.9 Å². The van der Waals surface area contributed by atoms with Gasteiger partial charge in [-0.3, -0.25) is 25.9 Å². The minimum absolute atomic E-state index is 0. The quantitative estimate of drug-likeness (QED) is 0.209. The molecule has 0 spiro atoms. The molecule has 11 nitrogen and oxygen atoms in total. The van der Waals surface area contributed by atoms with Gasteiger partial charge in [0.15, 0.2) is 0 Å². The van der Waals surface area contributed by atoms with E-state index in [1.807, 2.05) is 0 Å². The molecule has 0 aliphatic carbocycles. The molecule has 0 aromatic rings. The maximum atomic E-state index is 9.11. The zero-order valence-corrected chi connectivity index (χ0v) is 17.9. The normalized spacial score (nSPS) is 9.67. The fourth-order valence-electron chi connectivity index (χ4n) is 0. The van der Waals surface area contributed by atoms with Crippen molar-refractivity contribution in [3.05, 3.63) is 0 Å². The van der Waals surface area contributed by atoms with Gasteiger partial charge in [-0.25, -0.2) is 0 Å². The van der Waals surface area contributed by atoms with Gasteiger partial charge in [-0.05, 0) is 0 Å². The molecule has 18 heteroatoms. The molecule has 0 aromatic carbocycles. The Morgan fingerprint density at radius 3 is 0.778 bits per heavy atom. The molecule has 0 aliphatic heterocycles. The van der Waals surface area contributed by atoms with Crippen molar-refractivity contribution in [3.63, 3.8) is 0 Å². The Hall–Kier alpha value is 3.16. The first-order valence-corrected chi connectivity index (χ1v) is 7.10. The fraction of sp³-hybridized carbons (Fsp3) is 0. The van der Waals surface area contributed by atoms with Gasteiger partial charge in [0.05, 0.1) is 0 Å². The summed E-state index contributed by atoms with van der Waals surface area (Å²) in [5, 5.41) is 0. The molecule has 0 unspecified atom stereocenters. The Morgan fingerprint density at radius 2 is 0.778 bits per heavy atom. The Balaban J connectivity index is -0.0000000277. The monoisotopic (exact) mass is 426 g/mol. The van der Waals surface area contributed by atoms with Gasteiger partial charge in [-0.2, -0.15) is 4.21 Å². The summed E-state index contributed by atoms with van der Waals surface area (Å²) in [4.78, 5) is 0. The van der Waals surface area contributed by atoms with E-state index in [1.165, 1.54) is 0 Å². The Labute approximate surface area is 183 Å². The van der Waals surface area contributed by atoms with Crippen LogP contribution in [0.5, 0.6) is 0 Å². The molecule has 18 heavy (non-hydrogen) atoms. The van der Waals surface area contributed by atoms with E-state index in [4.69, 9.17) is 48.4 Å². The molecule has 0 rings (SSSR count). The van der Waals surface area contributed by atoms with Crippen molar-refractivity contribution < 1.29 is 146 Å². The second kappa shape index (κ2) is 16.5. The summed E-state index contributed by atoms with van der Waals surface area (Å²) in [6, 6.07) is 0. The Bertz CT molecular complexity index is 350. The van der Waals surface area contributed by atoms with Gasteiger partial charge in [0, 0.05) is 32.0 Å². The van der Waals surface area contributed by atoms with Gasteiger partial charge in [0.1, 0.15) is 0 Å². The molecule has 0 bridgehead atoms. The van der Waals surface area contributed by atoms with Crippen molar-refractivity contribution in [2.24, 2.45) is 0 Å². The summed E-state index contributed by atoms with van der Waals surface area (Å²) in [5.74, 6) is 0. The SMILES string of the molecule is O=S(=O)([O-])[O-].O=S(=O)([O-])[O-].O=S(O)(O)=S.[K+].[Na+].[Ni+2]. The van der Waals surface area contributed by atoms with Crippen molar-refractivity contribution in [2.75, 3.05) is 0 Å². The summed E-state index contributed by atoms with van der Waals surface area (Å²) in [7, 11) is -14.2. The third kappa shape index (κ3) is 633. The van der Waals surface area contributed by atoms with E-state index in [0.29, 0.717) is 0 Å². The average Bonchev–Trinajstić information content (AvgIpc) is 1.41. The number of hydrogen-bond acceptors (Lipinski definition) is 10. The standard InChI is InChI=1S/K.Na.Ni.2H2O4S.H2O3S2/c;;;3*1-5(2,3)4/h;;;3*(H2,1,2,3,4)/q2*+1;+2;;;/p-4. The van der Waals surface area contributed by atoms with Crippen LogP contribution >= 0.6 is 0 Å². The van der Waals surface area contributed by atoms with E-state index in [0.717, 1.165) is 0 Å². The van der Waals surface area contributed by atoms with Crippen LogP contribution in [0.2, 0.25) is 0 Å². The van der Waals surface area contributed by atoms with E-state index >= 15 is 0 Å². The molecule has 0 aliphatic rings. The van der Waals surface area contributed by atoms with Gasteiger partial charge >= 0.3 is 97.4 Å². The van der Waals surface area contributed by atoms with Crippen LogP contribution in [0.4, 0.5) is 0 Å². The molecule has 0 aromatic heterocycles. The molecule has 0 radical (unpaired) electrons. The van der Waals surface area contributed by atoms with Crippen LogP contribution in [0.1, 0.15) is 0 Å². The molecular weight excluding hydrogens is 425 g/mol. The molecule has 0 heterocycles. The summed E-state index contributed by atoms with van der Waals surface area (Å²) < 4.78 is 92.1. The minimum Gasteiger partial charge on any atom is -0.759 e. The van der Waals surface area contributed by atoms with Crippen molar-refractivity contribution in [2.45, 2.75) is 0 Å². The average molecular weight is 427 g/mol. The summed E-state index contributed by atoms with van der Waals surface area (Å²) >= 11 is 3.47. The largest absolute Gasteiger partial charge is 2.00 e. The van der Waals surface area contributed by atoms with E-state index in [2.05, 4.69) is 11.2 Å². The van der Waals surface area contributed by atoms with Gasteiger partial charge in [-0.1, -0.05) is 0 Å². The predicted molar refractivity (Wildman–Crippen MR) is 41.7 cm³/mol. The smallest absolute Gasteiger partial charge is 0.759 e. The predicted octanol–water partition coefficient (Wildman–Crippen LogP) is -8.99. The molecule has 2 N–H and O–H groups in total. The van der Waals surface area contributed by atoms with Crippen LogP contribution in [-0.2, 0) is 57.5 Å². The Morgan fingerprint density at radius 1 is 0.778 bits per heavy atom. The molecule has 0 saturated carbocycles. The zero-order chi connectivity index (χ0) is 13.5. The van der Waals surface area contributed by atoms with E-state index in [-0.39, 0.29) is 97.4 Å². The van der Waals surface area contributed by atoms with Crippen LogP contribution in [0.25, 0.3) is 0 Å². The van der Waals surface area contributed by atoms with Crippen LogP contribution in [0.3, 0.4) is 0 Å². The molecule has 104 valence electrons. The molecule has 0 amide bonds. The maximum Gasteiger partial charge on any atom is 2.00 e. The minimum atomic E-state index is -5.17. The number of rotatable bonds is 0. The topological polar surface area (TPSA) is 218 Å². The van der Waals surface area contributed by atoms with Crippen molar-refractivity contribution in [3.8, 4) is 0 Å². The first-order valence-electron chi connectivity index (χ1n) is 2.03. The first kappa shape index (κ1) is 37.4. The molecule has 0 fully saturated rings. The maximum absolute atomic E-state index is 9.11. The second-order valence-electron chi connectivity index (χ2n) is 1.26. The van der Waals surface area contributed by atoms with Crippen LogP contribution < -0.4 is 80.9 Å².